The second kappa shape index (κ2) is 9.75. The summed E-state index contributed by atoms with van der Waals surface area (Å²) in [5.74, 6) is -1.10. The van der Waals surface area contributed by atoms with Crippen molar-refractivity contribution in [3.63, 3.8) is 0 Å². The highest BCUT2D eigenvalue weighted by atomic mass is 32.3. The van der Waals surface area contributed by atoms with E-state index in [1.54, 1.807) is 27.3 Å². The summed E-state index contributed by atoms with van der Waals surface area (Å²) < 4.78 is 31.3. The molecule has 194 valence electrons. The van der Waals surface area contributed by atoms with Gasteiger partial charge in [-0.1, -0.05) is 29.5 Å². The quantitative estimate of drug-likeness (QED) is 0.334. The van der Waals surface area contributed by atoms with Crippen LogP contribution >= 0.6 is 10.8 Å². The van der Waals surface area contributed by atoms with E-state index in [4.69, 9.17) is 4.74 Å². The molecular weight excluding hydrogens is 494 g/mol. The normalized spacial score (nSPS) is 17.0. The Hall–Kier alpha value is -3.51. The topological polar surface area (TPSA) is 134 Å². The standard InChI is InChI=1S/C26H29N5O5S/c1-16-6-7-18(21(14-24(32)33)20-8-9-22-25(17(20)2)28-29-30(22)3)13-19(16)15-31-11-12-36-26-23(37(31,34)35)5-4-10-27-26/h4-10,13,21,34-35H,11-12,14-15H2,1-3H3,(H,32,33). The number of carbonyl (C=O) groups is 1. The van der Waals surface area contributed by atoms with Crippen molar-refractivity contribution in [3.8, 4) is 5.88 Å². The molecule has 2 aromatic heterocycles. The molecule has 11 heteroatoms. The number of rotatable bonds is 6. The number of hydrogen-bond donors (Lipinski definition) is 3. The van der Waals surface area contributed by atoms with Gasteiger partial charge >= 0.3 is 5.97 Å². The zero-order chi connectivity index (χ0) is 26.3. The third kappa shape index (κ3) is 4.66. The lowest BCUT2D eigenvalue weighted by molar-refractivity contribution is -0.137. The maximum atomic E-state index is 11.9. The Morgan fingerprint density at radius 1 is 1.19 bits per heavy atom. The highest BCUT2D eigenvalue weighted by molar-refractivity contribution is 8.22. The lowest BCUT2D eigenvalue weighted by atomic mass is 9.84. The molecule has 2 aromatic carbocycles. The maximum Gasteiger partial charge on any atom is 0.304 e. The minimum Gasteiger partial charge on any atom is -0.481 e. The van der Waals surface area contributed by atoms with Gasteiger partial charge in [0.15, 0.2) is 0 Å². The molecule has 1 aliphatic rings. The van der Waals surface area contributed by atoms with Crippen LogP contribution in [-0.2, 0) is 18.4 Å². The third-order valence-corrected chi connectivity index (χ3v) is 8.86. The Morgan fingerprint density at radius 3 is 2.78 bits per heavy atom. The SMILES string of the molecule is Cc1ccc(C(CC(=O)O)c2ccc3c(nnn3C)c2C)cc1CN1CCOc2ncccc2S1(O)O. The molecule has 0 saturated carbocycles. The number of benzene rings is 2. The summed E-state index contributed by atoms with van der Waals surface area (Å²) in [7, 11) is -1.51. The van der Waals surface area contributed by atoms with Crippen LogP contribution in [-0.4, -0.2) is 57.6 Å². The molecule has 3 N–H and O–H groups in total. The van der Waals surface area contributed by atoms with Crippen LogP contribution in [0, 0.1) is 13.8 Å². The molecule has 1 unspecified atom stereocenters. The van der Waals surface area contributed by atoms with Gasteiger partial charge in [0.1, 0.15) is 17.0 Å². The van der Waals surface area contributed by atoms with Crippen LogP contribution in [0.4, 0.5) is 0 Å². The highest BCUT2D eigenvalue weighted by Gasteiger charge is 2.32. The van der Waals surface area contributed by atoms with E-state index in [0.29, 0.717) is 6.54 Å². The van der Waals surface area contributed by atoms with Crippen molar-refractivity contribution in [1.82, 2.24) is 24.3 Å². The summed E-state index contributed by atoms with van der Waals surface area (Å²) in [5, 5.41) is 18.1. The summed E-state index contributed by atoms with van der Waals surface area (Å²) in [4.78, 5) is 16.3. The van der Waals surface area contributed by atoms with Crippen molar-refractivity contribution in [2.75, 3.05) is 13.2 Å². The van der Waals surface area contributed by atoms with Crippen LogP contribution in [0.2, 0.25) is 0 Å². The van der Waals surface area contributed by atoms with Crippen LogP contribution < -0.4 is 4.74 Å². The molecule has 1 aliphatic heterocycles. The predicted octanol–water partition coefficient (Wildman–Crippen LogP) is 4.51. The van der Waals surface area contributed by atoms with Gasteiger partial charge in [0.05, 0.1) is 18.5 Å². The molecule has 5 rings (SSSR count). The minimum atomic E-state index is -3.33. The van der Waals surface area contributed by atoms with Gasteiger partial charge in [-0.15, -0.1) is 15.9 Å². The predicted molar refractivity (Wildman–Crippen MR) is 140 cm³/mol. The number of carboxylic acids is 1. The molecule has 0 saturated heterocycles. The fourth-order valence-electron chi connectivity index (χ4n) is 4.85. The molecule has 0 spiro atoms. The Morgan fingerprint density at radius 2 is 2.00 bits per heavy atom. The largest absolute Gasteiger partial charge is 0.481 e. The fourth-order valence-corrected chi connectivity index (χ4v) is 6.38. The van der Waals surface area contributed by atoms with E-state index in [1.165, 1.54) is 0 Å². The van der Waals surface area contributed by atoms with E-state index in [2.05, 4.69) is 15.3 Å². The van der Waals surface area contributed by atoms with Crippen LogP contribution in [0.1, 0.15) is 40.2 Å². The molecular formula is C26H29N5O5S. The average Bonchev–Trinajstić information content (AvgIpc) is 3.19. The molecule has 3 heterocycles. The molecule has 0 fully saturated rings. The van der Waals surface area contributed by atoms with Gasteiger partial charge < -0.3 is 9.84 Å². The first-order valence-electron chi connectivity index (χ1n) is 11.9. The number of fused-ring (bicyclic) bond motifs is 2. The van der Waals surface area contributed by atoms with Gasteiger partial charge in [-0.3, -0.25) is 13.9 Å². The monoisotopic (exact) mass is 523 g/mol. The van der Waals surface area contributed by atoms with Crippen molar-refractivity contribution in [3.05, 3.63) is 76.5 Å². The summed E-state index contributed by atoms with van der Waals surface area (Å²) in [6.07, 6.45) is 1.46. The van der Waals surface area contributed by atoms with Gasteiger partial charge in [-0.05, 0) is 59.9 Å². The van der Waals surface area contributed by atoms with Gasteiger partial charge in [0.2, 0.25) is 5.88 Å². The van der Waals surface area contributed by atoms with E-state index in [1.807, 2.05) is 51.2 Å². The molecule has 0 bridgehead atoms. The lowest BCUT2D eigenvalue weighted by Gasteiger charge is -2.41. The molecule has 0 radical (unpaired) electrons. The number of carboxylic acid groups (broad SMARTS) is 1. The van der Waals surface area contributed by atoms with Gasteiger partial charge in [-0.25, -0.2) is 9.67 Å². The van der Waals surface area contributed by atoms with Crippen LogP contribution in [0.5, 0.6) is 5.88 Å². The van der Waals surface area contributed by atoms with Crippen LogP contribution in [0.25, 0.3) is 11.0 Å². The number of nitrogens with zero attached hydrogens (tertiary/aromatic N) is 5. The van der Waals surface area contributed by atoms with Crippen molar-refractivity contribution >= 4 is 27.8 Å². The van der Waals surface area contributed by atoms with Crippen LogP contribution in [0.3, 0.4) is 0 Å². The summed E-state index contributed by atoms with van der Waals surface area (Å²) in [6, 6.07) is 13.0. The molecule has 37 heavy (non-hydrogen) atoms. The van der Waals surface area contributed by atoms with Gasteiger partial charge in [0, 0.05) is 25.7 Å². The fraction of sp³-hybridized carbons (Fsp3) is 0.308. The summed E-state index contributed by atoms with van der Waals surface area (Å²) in [6.45, 7) is 4.70. The van der Waals surface area contributed by atoms with E-state index >= 15 is 0 Å². The molecule has 0 amide bonds. The van der Waals surface area contributed by atoms with Crippen LogP contribution in [0.15, 0.2) is 53.6 Å². The maximum absolute atomic E-state index is 11.9. The Labute approximate surface area is 216 Å². The van der Waals surface area contributed by atoms with E-state index in [9.17, 15) is 19.0 Å². The number of aryl methyl sites for hydroxylation is 3. The Balaban J connectivity index is 1.53. The van der Waals surface area contributed by atoms with Gasteiger partial charge in [-0.2, -0.15) is 4.31 Å². The number of ether oxygens (including phenoxy) is 1. The van der Waals surface area contributed by atoms with Gasteiger partial charge in [0.25, 0.3) is 0 Å². The number of hydrogen-bond acceptors (Lipinski definition) is 8. The second-order valence-electron chi connectivity index (χ2n) is 9.23. The summed E-state index contributed by atoms with van der Waals surface area (Å²) in [5.41, 5.74) is 6.06. The zero-order valence-electron chi connectivity index (χ0n) is 20.8. The Kier molecular flexibility index (Phi) is 6.63. The lowest BCUT2D eigenvalue weighted by Crippen LogP contribution is -2.29. The molecule has 1 atom stereocenters. The van der Waals surface area contributed by atoms with E-state index < -0.39 is 22.7 Å². The number of aromatic nitrogens is 4. The zero-order valence-corrected chi connectivity index (χ0v) is 21.6. The molecule has 0 aliphatic carbocycles. The minimum absolute atomic E-state index is 0.0963. The van der Waals surface area contributed by atoms with E-state index in [0.717, 1.165) is 38.9 Å². The van der Waals surface area contributed by atoms with Crippen molar-refractivity contribution in [1.29, 1.82) is 0 Å². The average molecular weight is 524 g/mol. The first-order chi connectivity index (χ1) is 17.7. The van der Waals surface area contributed by atoms with Crippen molar-refractivity contribution < 1.29 is 23.7 Å². The first-order valence-corrected chi connectivity index (χ1v) is 13.4. The van der Waals surface area contributed by atoms with Crippen molar-refractivity contribution in [2.24, 2.45) is 7.05 Å². The number of aliphatic carboxylic acids is 1. The number of pyridine rings is 1. The smallest absolute Gasteiger partial charge is 0.304 e. The second-order valence-corrected chi connectivity index (χ2v) is 11.2. The Bertz CT molecular complexity index is 1490. The first kappa shape index (κ1) is 25.2. The molecule has 4 aromatic rings. The van der Waals surface area contributed by atoms with Crippen molar-refractivity contribution in [2.45, 2.75) is 37.6 Å². The molecule has 10 nitrogen and oxygen atoms in total. The highest BCUT2D eigenvalue weighted by Crippen LogP contribution is 2.56. The van der Waals surface area contributed by atoms with E-state index in [-0.39, 0.29) is 30.3 Å². The summed E-state index contributed by atoms with van der Waals surface area (Å²) >= 11 is 0. The third-order valence-electron chi connectivity index (χ3n) is 6.93.